The fourth-order valence-corrected chi connectivity index (χ4v) is 4.95. The van der Waals surface area contributed by atoms with Crippen LogP contribution in [0.3, 0.4) is 0 Å². The minimum Gasteiger partial charge on any atom is -0.493 e. The van der Waals surface area contributed by atoms with Crippen molar-refractivity contribution in [3.63, 3.8) is 0 Å². The molecule has 0 spiro atoms. The molecule has 1 amide bonds. The van der Waals surface area contributed by atoms with Crippen molar-refractivity contribution in [2.75, 3.05) is 13.7 Å². The Balaban J connectivity index is 1.88. The van der Waals surface area contributed by atoms with Crippen molar-refractivity contribution in [2.24, 2.45) is 17.8 Å². The summed E-state index contributed by atoms with van der Waals surface area (Å²) < 4.78 is 27.9. The normalized spacial score (nSPS) is 20.7. The summed E-state index contributed by atoms with van der Waals surface area (Å²) in [6, 6.07) is 9.07. The van der Waals surface area contributed by atoms with Gasteiger partial charge in [0.15, 0.2) is 23.6 Å². The summed E-state index contributed by atoms with van der Waals surface area (Å²) in [7, 11) is 1.35. The summed E-state index contributed by atoms with van der Waals surface area (Å²) in [5.41, 5.74) is 0.472. The van der Waals surface area contributed by atoms with Gasteiger partial charge in [0.2, 0.25) is 5.75 Å². The van der Waals surface area contributed by atoms with Gasteiger partial charge in [0.05, 0.1) is 18.9 Å². The number of hydrogen-bond donors (Lipinski definition) is 1. The zero-order valence-electron chi connectivity index (χ0n) is 27.3. The van der Waals surface area contributed by atoms with Gasteiger partial charge in [0.1, 0.15) is 18.6 Å². The number of nitrogens with one attached hydrogen (secondary N) is 1. The van der Waals surface area contributed by atoms with E-state index in [-0.39, 0.29) is 23.6 Å². The van der Waals surface area contributed by atoms with E-state index < -0.39 is 72.4 Å². The van der Waals surface area contributed by atoms with Crippen LogP contribution in [0.25, 0.3) is 0 Å². The second-order valence-corrected chi connectivity index (χ2v) is 11.5. The highest BCUT2D eigenvalue weighted by atomic mass is 16.6. The van der Waals surface area contributed by atoms with Crippen molar-refractivity contribution in [1.82, 2.24) is 10.3 Å². The zero-order valence-corrected chi connectivity index (χ0v) is 27.3. The number of carbonyl (C=O) groups excluding carboxylic acids is 5. The molecule has 2 aromatic rings. The molecule has 1 aromatic carbocycles. The summed E-state index contributed by atoms with van der Waals surface area (Å²) in [5.74, 6) is -5.68. The molecule has 1 unspecified atom stereocenters. The van der Waals surface area contributed by atoms with Gasteiger partial charge in [-0.2, -0.15) is 0 Å². The number of benzene rings is 1. The lowest BCUT2D eigenvalue weighted by Gasteiger charge is -2.29. The van der Waals surface area contributed by atoms with Gasteiger partial charge in [-0.3, -0.25) is 19.2 Å². The quantitative estimate of drug-likeness (QED) is 0.247. The Bertz CT molecular complexity index is 1360. The second kappa shape index (κ2) is 17.3. The molecule has 250 valence electrons. The number of pyridine rings is 1. The molecular formula is C34H44N2O10. The third-order valence-corrected chi connectivity index (χ3v) is 7.71. The molecule has 12 heteroatoms. The van der Waals surface area contributed by atoms with E-state index >= 15 is 0 Å². The molecule has 0 bridgehead atoms. The van der Waals surface area contributed by atoms with Crippen LogP contribution in [0.15, 0.2) is 42.6 Å². The Hall–Kier alpha value is -4.48. The maximum Gasteiger partial charge on any atom is 0.332 e. The Kier molecular flexibility index (Phi) is 13.5. The number of carbonyl (C=O) groups is 5. The fourth-order valence-electron chi connectivity index (χ4n) is 4.95. The Morgan fingerprint density at radius 1 is 1.04 bits per heavy atom. The van der Waals surface area contributed by atoms with E-state index in [0.717, 1.165) is 18.4 Å². The highest BCUT2D eigenvalue weighted by molar-refractivity contribution is 5.99. The number of hydrogen-bond acceptors (Lipinski definition) is 11. The second-order valence-electron chi connectivity index (χ2n) is 11.5. The minimum absolute atomic E-state index is 0.0921. The predicted molar refractivity (Wildman–Crippen MR) is 166 cm³/mol. The van der Waals surface area contributed by atoms with Crippen molar-refractivity contribution < 1.29 is 47.7 Å². The third kappa shape index (κ3) is 9.51. The summed E-state index contributed by atoms with van der Waals surface area (Å²) in [5, 5.41) is 2.49. The highest BCUT2D eigenvalue weighted by Gasteiger charge is 2.42. The molecular weight excluding hydrogens is 596 g/mol. The molecule has 1 aliphatic rings. The van der Waals surface area contributed by atoms with Crippen molar-refractivity contribution in [3.05, 3.63) is 53.9 Å². The number of nitrogens with zero attached hydrogens (tertiary/aromatic N) is 1. The molecule has 1 N–H and O–H groups in total. The van der Waals surface area contributed by atoms with Gasteiger partial charge in [-0.15, -0.1) is 0 Å². The lowest BCUT2D eigenvalue weighted by Crippen LogP contribution is -2.47. The van der Waals surface area contributed by atoms with E-state index in [1.165, 1.54) is 26.3 Å². The highest BCUT2D eigenvalue weighted by Crippen LogP contribution is 2.31. The Labute approximate surface area is 269 Å². The molecule has 1 fully saturated rings. The Morgan fingerprint density at radius 2 is 1.76 bits per heavy atom. The lowest BCUT2D eigenvalue weighted by molar-refractivity contribution is -0.176. The number of ether oxygens (including phenoxy) is 5. The number of aromatic nitrogens is 1. The van der Waals surface area contributed by atoms with E-state index in [0.29, 0.717) is 12.8 Å². The summed E-state index contributed by atoms with van der Waals surface area (Å²) in [6.07, 6.45) is 2.10. The number of methoxy groups -OCH3 is 1. The van der Waals surface area contributed by atoms with E-state index in [1.54, 1.807) is 13.8 Å². The topological polar surface area (TPSA) is 156 Å². The summed E-state index contributed by atoms with van der Waals surface area (Å²) >= 11 is 0. The van der Waals surface area contributed by atoms with Crippen molar-refractivity contribution in [3.8, 4) is 11.5 Å². The first-order valence-corrected chi connectivity index (χ1v) is 15.7. The van der Waals surface area contributed by atoms with Gasteiger partial charge in [-0.05, 0) is 31.7 Å². The first kappa shape index (κ1) is 36.0. The smallest absolute Gasteiger partial charge is 0.332 e. The van der Waals surface area contributed by atoms with Crippen LogP contribution >= 0.6 is 0 Å². The van der Waals surface area contributed by atoms with Crippen LogP contribution in [0.1, 0.15) is 76.4 Å². The SMILES string of the molecule is CCCCC(CC)C(=O)Oc1c(OC)ccnc1C(=O)N[C@H]1COC(=O)[C@H](Cc2ccccc2)[C@@H](OC(=O)C(C)C)[C@H](C)OC1=O. The van der Waals surface area contributed by atoms with Crippen molar-refractivity contribution >= 4 is 29.8 Å². The molecule has 1 aliphatic heterocycles. The molecule has 46 heavy (non-hydrogen) atoms. The molecule has 0 aliphatic carbocycles. The first-order valence-electron chi connectivity index (χ1n) is 15.7. The van der Waals surface area contributed by atoms with E-state index in [4.69, 9.17) is 23.7 Å². The van der Waals surface area contributed by atoms with Crippen LogP contribution in [-0.2, 0) is 39.8 Å². The van der Waals surface area contributed by atoms with Gasteiger partial charge < -0.3 is 29.0 Å². The maximum absolute atomic E-state index is 13.5. The van der Waals surface area contributed by atoms with Gasteiger partial charge in [0, 0.05) is 12.3 Å². The van der Waals surface area contributed by atoms with Gasteiger partial charge in [-0.25, -0.2) is 9.78 Å². The van der Waals surface area contributed by atoms with Crippen LogP contribution in [0.5, 0.6) is 11.5 Å². The molecule has 5 atom stereocenters. The van der Waals surface area contributed by atoms with Crippen molar-refractivity contribution in [1.29, 1.82) is 0 Å². The van der Waals surface area contributed by atoms with E-state index in [2.05, 4.69) is 10.3 Å². The minimum atomic E-state index is -1.46. The average molecular weight is 641 g/mol. The monoisotopic (exact) mass is 640 g/mol. The summed E-state index contributed by atoms with van der Waals surface area (Å²) in [6.45, 7) is 8.13. The molecule has 1 saturated heterocycles. The van der Waals surface area contributed by atoms with E-state index in [1.807, 2.05) is 44.2 Å². The molecule has 2 heterocycles. The fraction of sp³-hybridized carbons (Fsp3) is 0.529. The molecule has 1 aromatic heterocycles. The number of amides is 1. The van der Waals surface area contributed by atoms with Crippen LogP contribution in [0.4, 0.5) is 0 Å². The predicted octanol–water partition coefficient (Wildman–Crippen LogP) is 4.23. The molecule has 12 nitrogen and oxygen atoms in total. The lowest BCUT2D eigenvalue weighted by atomic mass is 9.91. The van der Waals surface area contributed by atoms with Crippen LogP contribution in [0, 0.1) is 17.8 Å². The molecule has 0 saturated carbocycles. The first-order chi connectivity index (χ1) is 22.0. The van der Waals surface area contributed by atoms with Crippen molar-refractivity contribution in [2.45, 2.75) is 85.0 Å². The van der Waals surface area contributed by atoms with Crippen LogP contribution < -0.4 is 14.8 Å². The molecule has 3 rings (SSSR count). The zero-order chi connectivity index (χ0) is 33.8. The van der Waals surface area contributed by atoms with Crippen LogP contribution in [0.2, 0.25) is 0 Å². The number of cyclic esters (lactones) is 2. The van der Waals surface area contributed by atoms with Gasteiger partial charge in [-0.1, -0.05) is 70.9 Å². The Morgan fingerprint density at radius 3 is 2.39 bits per heavy atom. The number of unbranched alkanes of at least 4 members (excludes halogenated alkanes) is 1. The number of esters is 4. The summed E-state index contributed by atoms with van der Waals surface area (Å²) in [4.78, 5) is 70.2. The van der Waals surface area contributed by atoms with Gasteiger partial charge >= 0.3 is 23.9 Å². The van der Waals surface area contributed by atoms with Gasteiger partial charge in [0.25, 0.3) is 5.91 Å². The van der Waals surface area contributed by atoms with E-state index in [9.17, 15) is 24.0 Å². The van der Waals surface area contributed by atoms with Crippen LogP contribution in [-0.4, -0.2) is 66.7 Å². The molecule has 0 radical (unpaired) electrons. The average Bonchev–Trinajstić information content (AvgIpc) is 3.07. The third-order valence-electron chi connectivity index (χ3n) is 7.71. The standard InChI is InChI=1S/C34H44N2O10/c1-7-9-15-23(8-2)32(39)46-29-26(42-6)16-17-35-27(29)30(37)36-25-19-43-33(40)24(18-22-13-11-10-12-14-22)28(21(5)44-34(25)41)45-31(38)20(3)4/h10-14,16-17,20-21,23-25,28H,7-9,15,18-19H2,1-6H3,(H,36,37)/t21-,23?,24+,25-,28-/m0/s1. The number of rotatable bonds is 13. The largest absolute Gasteiger partial charge is 0.493 e. The maximum atomic E-state index is 13.5.